The molecule has 0 aliphatic rings. The van der Waals surface area contributed by atoms with E-state index in [4.69, 9.17) is 16.6 Å². The average Bonchev–Trinajstić information content (AvgIpc) is 2.80. The predicted octanol–water partition coefficient (Wildman–Crippen LogP) is 4.69. The maximum Gasteiger partial charge on any atom is 0.114 e. The molecule has 1 heterocycles. The minimum absolute atomic E-state index is 0.772. The van der Waals surface area contributed by atoms with Crippen LogP contribution < -0.4 is 0 Å². The number of halogens is 1. The highest BCUT2D eigenvalue weighted by Gasteiger charge is 2.11. The summed E-state index contributed by atoms with van der Waals surface area (Å²) >= 11 is 6.27. The van der Waals surface area contributed by atoms with Gasteiger partial charge in [-0.1, -0.05) is 48.9 Å². The van der Waals surface area contributed by atoms with Crippen molar-refractivity contribution in [3.05, 3.63) is 64.9 Å². The van der Waals surface area contributed by atoms with Gasteiger partial charge in [0, 0.05) is 18.0 Å². The maximum atomic E-state index is 6.27. The molecule has 2 aromatic carbocycles. The fourth-order valence-corrected chi connectivity index (χ4v) is 2.75. The highest BCUT2D eigenvalue weighted by molar-refractivity contribution is 6.31. The van der Waals surface area contributed by atoms with Crippen LogP contribution in [0.2, 0.25) is 5.02 Å². The Morgan fingerprint density at radius 3 is 2.60 bits per heavy atom. The number of rotatable bonds is 4. The van der Waals surface area contributed by atoms with Crippen molar-refractivity contribution in [2.45, 2.75) is 26.3 Å². The molecule has 0 atom stereocenters. The Morgan fingerprint density at radius 1 is 1.05 bits per heavy atom. The second-order valence-electron chi connectivity index (χ2n) is 4.94. The number of hydrogen-bond donors (Lipinski definition) is 0. The van der Waals surface area contributed by atoms with Crippen LogP contribution in [0.5, 0.6) is 0 Å². The molecule has 0 fully saturated rings. The lowest BCUT2D eigenvalue weighted by molar-refractivity contribution is 0.664. The van der Waals surface area contributed by atoms with E-state index in [9.17, 15) is 0 Å². The first-order valence-electron chi connectivity index (χ1n) is 6.97. The molecule has 0 spiro atoms. The summed E-state index contributed by atoms with van der Waals surface area (Å²) in [7, 11) is 0. The zero-order valence-corrected chi connectivity index (χ0v) is 12.3. The first kappa shape index (κ1) is 13.2. The van der Waals surface area contributed by atoms with Gasteiger partial charge in [-0.15, -0.1) is 0 Å². The van der Waals surface area contributed by atoms with Crippen molar-refractivity contribution in [2.24, 2.45) is 0 Å². The largest absolute Gasteiger partial charge is 0.328 e. The molecule has 1 aromatic heterocycles. The number of para-hydroxylation sites is 2. The number of hydrogen-bond acceptors (Lipinski definition) is 1. The Hall–Kier alpha value is -1.80. The molecule has 2 nitrogen and oxygen atoms in total. The molecule has 0 aliphatic carbocycles. The van der Waals surface area contributed by atoms with Gasteiger partial charge in [-0.3, -0.25) is 0 Å². The normalized spacial score (nSPS) is 11.1. The van der Waals surface area contributed by atoms with Gasteiger partial charge in [0.1, 0.15) is 5.82 Å². The first-order valence-corrected chi connectivity index (χ1v) is 7.35. The highest BCUT2D eigenvalue weighted by atomic mass is 35.5. The van der Waals surface area contributed by atoms with Crippen LogP contribution >= 0.6 is 11.6 Å². The molecule has 3 rings (SSSR count). The van der Waals surface area contributed by atoms with Crippen LogP contribution in [0.4, 0.5) is 0 Å². The van der Waals surface area contributed by atoms with E-state index in [-0.39, 0.29) is 0 Å². The Labute approximate surface area is 124 Å². The smallest absolute Gasteiger partial charge is 0.114 e. The molecule has 0 aliphatic heterocycles. The molecule has 0 saturated carbocycles. The van der Waals surface area contributed by atoms with Crippen molar-refractivity contribution >= 4 is 22.6 Å². The van der Waals surface area contributed by atoms with E-state index in [0.717, 1.165) is 41.3 Å². The number of aromatic nitrogens is 2. The van der Waals surface area contributed by atoms with Crippen LogP contribution in [0.3, 0.4) is 0 Å². The quantitative estimate of drug-likeness (QED) is 0.679. The summed E-state index contributed by atoms with van der Waals surface area (Å²) in [4.78, 5) is 4.77. The highest BCUT2D eigenvalue weighted by Crippen LogP contribution is 2.22. The molecule has 0 bridgehead atoms. The first-order chi connectivity index (χ1) is 9.79. The molecule has 3 heteroatoms. The zero-order chi connectivity index (χ0) is 13.9. The fourth-order valence-electron chi connectivity index (χ4n) is 2.55. The topological polar surface area (TPSA) is 17.8 Å². The van der Waals surface area contributed by atoms with E-state index in [1.54, 1.807) is 0 Å². The van der Waals surface area contributed by atoms with Crippen LogP contribution in [-0.2, 0) is 13.0 Å². The van der Waals surface area contributed by atoms with E-state index in [2.05, 4.69) is 35.8 Å². The Balaban J connectivity index is 2.06. The number of fused-ring (bicyclic) bond motifs is 1. The van der Waals surface area contributed by atoms with Crippen molar-refractivity contribution < 1.29 is 0 Å². The number of benzene rings is 2. The molecule has 0 N–H and O–H groups in total. The molecule has 20 heavy (non-hydrogen) atoms. The summed E-state index contributed by atoms with van der Waals surface area (Å²) in [6.45, 7) is 3.17. The molecule has 3 aromatic rings. The second-order valence-corrected chi connectivity index (χ2v) is 5.34. The lowest BCUT2D eigenvalue weighted by Crippen LogP contribution is -2.04. The number of imidazole rings is 1. The Morgan fingerprint density at radius 2 is 1.80 bits per heavy atom. The van der Waals surface area contributed by atoms with Gasteiger partial charge >= 0.3 is 0 Å². The van der Waals surface area contributed by atoms with Crippen molar-refractivity contribution in [3.63, 3.8) is 0 Å². The van der Waals surface area contributed by atoms with Crippen molar-refractivity contribution in [3.8, 4) is 0 Å². The maximum absolute atomic E-state index is 6.27. The minimum Gasteiger partial charge on any atom is -0.328 e. The van der Waals surface area contributed by atoms with E-state index in [1.807, 2.05) is 24.3 Å². The molecule has 102 valence electrons. The lowest BCUT2D eigenvalue weighted by Gasteiger charge is -2.08. The van der Waals surface area contributed by atoms with E-state index < -0.39 is 0 Å². The molecule has 0 saturated heterocycles. The Kier molecular flexibility index (Phi) is 3.75. The van der Waals surface area contributed by atoms with Gasteiger partial charge in [0.25, 0.3) is 0 Å². The SMILES string of the molecule is CCCn1c(Cc2ccccc2Cl)nc2ccccc21. The van der Waals surface area contributed by atoms with E-state index in [0.29, 0.717) is 0 Å². The molecule has 0 unspecified atom stereocenters. The number of nitrogens with zero attached hydrogens (tertiary/aromatic N) is 2. The van der Waals surface area contributed by atoms with Crippen molar-refractivity contribution in [1.29, 1.82) is 0 Å². The molecular formula is C17H17ClN2. The summed E-state index contributed by atoms with van der Waals surface area (Å²) in [6.07, 6.45) is 1.87. The third kappa shape index (κ3) is 2.44. The third-order valence-corrected chi connectivity index (χ3v) is 3.86. The fraction of sp³-hybridized carbons (Fsp3) is 0.235. The van der Waals surface area contributed by atoms with Crippen molar-refractivity contribution in [1.82, 2.24) is 9.55 Å². The summed E-state index contributed by atoms with van der Waals surface area (Å²) in [6, 6.07) is 16.3. The van der Waals surface area contributed by atoms with Crippen LogP contribution in [-0.4, -0.2) is 9.55 Å². The van der Waals surface area contributed by atoms with E-state index >= 15 is 0 Å². The standard InChI is InChI=1S/C17H17ClN2/c1-2-11-20-16-10-6-5-9-15(16)19-17(20)12-13-7-3-4-8-14(13)18/h3-10H,2,11-12H2,1H3. The minimum atomic E-state index is 0.772. The summed E-state index contributed by atoms with van der Waals surface area (Å²) in [5, 5.41) is 0.808. The summed E-state index contributed by atoms with van der Waals surface area (Å²) < 4.78 is 2.30. The van der Waals surface area contributed by atoms with Gasteiger partial charge < -0.3 is 4.57 Å². The van der Waals surface area contributed by atoms with Gasteiger partial charge in [-0.25, -0.2) is 4.98 Å². The van der Waals surface area contributed by atoms with Gasteiger partial charge in [0.15, 0.2) is 0 Å². The second kappa shape index (κ2) is 5.68. The molecule has 0 amide bonds. The van der Waals surface area contributed by atoms with Crippen LogP contribution in [0.15, 0.2) is 48.5 Å². The van der Waals surface area contributed by atoms with Gasteiger partial charge in [0.2, 0.25) is 0 Å². The molecular weight excluding hydrogens is 268 g/mol. The number of aryl methyl sites for hydroxylation is 1. The molecule has 0 radical (unpaired) electrons. The van der Waals surface area contributed by atoms with Crippen LogP contribution in [0.25, 0.3) is 11.0 Å². The van der Waals surface area contributed by atoms with Crippen LogP contribution in [0.1, 0.15) is 24.7 Å². The predicted molar refractivity (Wildman–Crippen MR) is 84.3 cm³/mol. The zero-order valence-electron chi connectivity index (χ0n) is 11.5. The summed E-state index contributed by atoms with van der Waals surface area (Å²) in [5.74, 6) is 1.08. The Bertz CT molecular complexity index is 731. The lowest BCUT2D eigenvalue weighted by atomic mass is 10.1. The van der Waals surface area contributed by atoms with Crippen LogP contribution in [0, 0.1) is 0 Å². The monoisotopic (exact) mass is 284 g/mol. The van der Waals surface area contributed by atoms with Gasteiger partial charge in [-0.05, 0) is 30.2 Å². The van der Waals surface area contributed by atoms with Gasteiger partial charge in [0.05, 0.1) is 11.0 Å². The van der Waals surface area contributed by atoms with Gasteiger partial charge in [-0.2, -0.15) is 0 Å². The van der Waals surface area contributed by atoms with Crippen molar-refractivity contribution in [2.75, 3.05) is 0 Å². The van der Waals surface area contributed by atoms with E-state index in [1.165, 1.54) is 5.52 Å². The summed E-state index contributed by atoms with van der Waals surface area (Å²) in [5.41, 5.74) is 3.39. The third-order valence-electron chi connectivity index (χ3n) is 3.49. The average molecular weight is 285 g/mol.